The molecule has 7 heteroatoms. The lowest BCUT2D eigenvalue weighted by atomic mass is 9.96. The van der Waals surface area contributed by atoms with Gasteiger partial charge >= 0.3 is 6.61 Å². The summed E-state index contributed by atoms with van der Waals surface area (Å²) in [4.78, 5) is 13.7. The number of fused-ring (bicyclic) bond motifs is 1. The summed E-state index contributed by atoms with van der Waals surface area (Å²) in [6.45, 7) is -1.00. The Balaban J connectivity index is 1.93. The molecule has 0 aliphatic heterocycles. The van der Waals surface area contributed by atoms with Gasteiger partial charge in [0.25, 0.3) is 0 Å². The Kier molecular flexibility index (Phi) is 4.30. The van der Waals surface area contributed by atoms with Crippen LogP contribution in [0, 0.1) is 6.92 Å². The van der Waals surface area contributed by atoms with E-state index >= 15 is 0 Å². The largest absolute Gasteiger partial charge is 0.415 e. The molecule has 0 aliphatic carbocycles. The number of halogens is 2. The molecule has 4 rings (SSSR count). The number of nitrogens with zero attached hydrogens (tertiary/aromatic N) is 3. The highest BCUT2D eigenvalue weighted by Gasteiger charge is 2.15. The van der Waals surface area contributed by atoms with Gasteiger partial charge in [-0.3, -0.25) is 4.98 Å². The first-order valence-electron chi connectivity index (χ1n) is 7.82. The van der Waals surface area contributed by atoms with E-state index in [4.69, 9.17) is 0 Å². The maximum absolute atomic E-state index is 12.5. The topological polar surface area (TPSA) is 47.9 Å². The van der Waals surface area contributed by atoms with Gasteiger partial charge in [-0.25, -0.2) is 9.97 Å². The van der Waals surface area contributed by atoms with Gasteiger partial charge in [0.1, 0.15) is 0 Å². The quantitative estimate of drug-likeness (QED) is 0.488. The van der Waals surface area contributed by atoms with E-state index < -0.39 is 6.61 Å². The Morgan fingerprint density at radius 3 is 2.58 bits per heavy atom. The van der Waals surface area contributed by atoms with Gasteiger partial charge in [-0.05, 0) is 30.2 Å². The first kappa shape index (κ1) is 16.5. The first-order valence-corrected chi connectivity index (χ1v) is 8.70. The van der Waals surface area contributed by atoms with Crippen molar-refractivity contribution in [3.05, 3.63) is 59.9 Å². The van der Waals surface area contributed by atoms with Crippen molar-refractivity contribution in [2.24, 2.45) is 0 Å². The minimum absolute atomic E-state index is 0.195. The van der Waals surface area contributed by atoms with Crippen LogP contribution in [0.15, 0.2) is 54.3 Å². The SMILES string of the molecule is Cc1cc(-c2ccccc2-c2cncs2)c2ncc(OC(F)F)nc2c1. The zero-order valence-corrected chi connectivity index (χ0v) is 14.5. The van der Waals surface area contributed by atoms with E-state index in [1.807, 2.05) is 43.5 Å². The van der Waals surface area contributed by atoms with Crippen LogP contribution in [-0.4, -0.2) is 21.6 Å². The highest BCUT2D eigenvalue weighted by atomic mass is 32.1. The van der Waals surface area contributed by atoms with Crippen molar-refractivity contribution < 1.29 is 13.5 Å². The third kappa shape index (κ3) is 3.13. The molecule has 2 aromatic heterocycles. The van der Waals surface area contributed by atoms with Crippen LogP contribution in [0.5, 0.6) is 5.88 Å². The fraction of sp³-hybridized carbons (Fsp3) is 0.105. The molecule has 4 aromatic rings. The minimum atomic E-state index is -2.93. The minimum Gasteiger partial charge on any atom is -0.415 e. The molecule has 0 atom stereocenters. The lowest BCUT2D eigenvalue weighted by Crippen LogP contribution is -2.04. The second-order valence-electron chi connectivity index (χ2n) is 5.68. The van der Waals surface area contributed by atoms with Gasteiger partial charge in [0, 0.05) is 17.3 Å². The Morgan fingerprint density at radius 2 is 1.85 bits per heavy atom. The average Bonchev–Trinajstić information content (AvgIpc) is 3.14. The molecule has 26 heavy (non-hydrogen) atoms. The summed E-state index contributed by atoms with van der Waals surface area (Å²) < 4.78 is 29.3. The number of thiazole rings is 1. The van der Waals surface area contributed by atoms with E-state index in [1.54, 1.807) is 22.9 Å². The number of benzene rings is 2. The monoisotopic (exact) mass is 369 g/mol. The van der Waals surface area contributed by atoms with Crippen LogP contribution >= 0.6 is 11.3 Å². The molecular formula is C19H13F2N3OS. The van der Waals surface area contributed by atoms with Crippen molar-refractivity contribution in [2.45, 2.75) is 13.5 Å². The molecule has 0 amide bonds. The van der Waals surface area contributed by atoms with Gasteiger partial charge in [-0.15, -0.1) is 11.3 Å². The lowest BCUT2D eigenvalue weighted by molar-refractivity contribution is -0.0528. The average molecular weight is 369 g/mol. The summed E-state index contributed by atoms with van der Waals surface area (Å²) in [6, 6.07) is 11.8. The molecule has 2 heterocycles. The standard InChI is InChI=1S/C19H13F2N3OS/c1-11-6-14(12-4-2-3-5-13(12)16-8-22-10-26-16)18-15(7-11)24-17(9-23-18)25-19(20)21/h2-10,19H,1H3. The van der Waals surface area contributed by atoms with Gasteiger partial charge in [0.05, 0.1) is 27.6 Å². The van der Waals surface area contributed by atoms with E-state index in [0.29, 0.717) is 11.0 Å². The van der Waals surface area contributed by atoms with Crippen molar-refractivity contribution in [1.29, 1.82) is 0 Å². The van der Waals surface area contributed by atoms with Crippen LogP contribution in [0.4, 0.5) is 8.78 Å². The van der Waals surface area contributed by atoms with Crippen LogP contribution < -0.4 is 4.74 Å². The second-order valence-corrected chi connectivity index (χ2v) is 6.56. The number of rotatable bonds is 4. The van der Waals surface area contributed by atoms with Gasteiger partial charge < -0.3 is 4.74 Å². The Hall–Kier alpha value is -2.93. The van der Waals surface area contributed by atoms with Gasteiger partial charge in [-0.1, -0.05) is 24.3 Å². The zero-order chi connectivity index (χ0) is 18.1. The molecule has 2 aromatic carbocycles. The smallest absolute Gasteiger partial charge is 0.388 e. The molecule has 0 bridgehead atoms. The van der Waals surface area contributed by atoms with Crippen LogP contribution in [0.1, 0.15) is 5.56 Å². The maximum Gasteiger partial charge on any atom is 0.388 e. The molecule has 130 valence electrons. The van der Waals surface area contributed by atoms with Crippen LogP contribution in [-0.2, 0) is 0 Å². The summed E-state index contributed by atoms with van der Waals surface area (Å²) in [7, 11) is 0. The lowest BCUT2D eigenvalue weighted by Gasteiger charge is -2.12. The fourth-order valence-corrected chi connectivity index (χ4v) is 3.54. The van der Waals surface area contributed by atoms with E-state index in [1.165, 1.54) is 6.20 Å². The summed E-state index contributed by atoms with van der Waals surface area (Å²) in [5.74, 6) is -0.195. The van der Waals surface area contributed by atoms with Crippen molar-refractivity contribution in [3.63, 3.8) is 0 Å². The third-order valence-electron chi connectivity index (χ3n) is 3.89. The number of hydrogen-bond acceptors (Lipinski definition) is 5. The number of ether oxygens (including phenoxy) is 1. The van der Waals surface area contributed by atoms with E-state index in [2.05, 4.69) is 19.7 Å². The predicted molar refractivity (Wildman–Crippen MR) is 97.5 cm³/mol. The second kappa shape index (κ2) is 6.76. The molecule has 0 N–H and O–H groups in total. The number of aromatic nitrogens is 3. The maximum atomic E-state index is 12.5. The number of aryl methyl sites for hydroxylation is 1. The fourth-order valence-electron chi connectivity index (χ4n) is 2.88. The summed E-state index contributed by atoms with van der Waals surface area (Å²) in [6.07, 6.45) is 3.05. The molecule has 0 radical (unpaired) electrons. The zero-order valence-electron chi connectivity index (χ0n) is 13.7. The molecule has 0 fully saturated rings. The van der Waals surface area contributed by atoms with Crippen molar-refractivity contribution >= 4 is 22.4 Å². The molecule has 0 unspecified atom stereocenters. The number of alkyl halides is 2. The van der Waals surface area contributed by atoms with Crippen LogP contribution in [0.2, 0.25) is 0 Å². The predicted octanol–water partition coefficient (Wildman–Crippen LogP) is 5.33. The molecule has 0 spiro atoms. The third-order valence-corrected chi connectivity index (χ3v) is 4.70. The van der Waals surface area contributed by atoms with Gasteiger partial charge in [0.2, 0.25) is 5.88 Å². The van der Waals surface area contributed by atoms with Gasteiger partial charge in [-0.2, -0.15) is 8.78 Å². The van der Waals surface area contributed by atoms with Crippen molar-refractivity contribution in [2.75, 3.05) is 0 Å². The Labute approximate surface area is 152 Å². The van der Waals surface area contributed by atoms with Crippen molar-refractivity contribution in [3.8, 4) is 27.4 Å². The molecule has 0 saturated carbocycles. The van der Waals surface area contributed by atoms with E-state index in [9.17, 15) is 8.78 Å². The van der Waals surface area contributed by atoms with Gasteiger partial charge in [0.15, 0.2) is 0 Å². The Bertz CT molecular complexity index is 1070. The first-order chi connectivity index (χ1) is 12.6. The highest BCUT2D eigenvalue weighted by molar-refractivity contribution is 7.13. The summed E-state index contributed by atoms with van der Waals surface area (Å²) in [5.41, 5.74) is 6.80. The van der Waals surface area contributed by atoms with Crippen LogP contribution in [0.3, 0.4) is 0 Å². The van der Waals surface area contributed by atoms with E-state index in [0.717, 1.165) is 27.1 Å². The highest BCUT2D eigenvalue weighted by Crippen LogP contribution is 2.37. The molecule has 0 saturated heterocycles. The molecular weight excluding hydrogens is 356 g/mol. The van der Waals surface area contributed by atoms with E-state index in [-0.39, 0.29) is 5.88 Å². The van der Waals surface area contributed by atoms with Crippen molar-refractivity contribution in [1.82, 2.24) is 15.0 Å². The summed E-state index contributed by atoms with van der Waals surface area (Å²) >= 11 is 1.55. The molecule has 4 nitrogen and oxygen atoms in total. The number of hydrogen-bond donors (Lipinski definition) is 0. The summed E-state index contributed by atoms with van der Waals surface area (Å²) in [5, 5.41) is 0. The van der Waals surface area contributed by atoms with Crippen LogP contribution in [0.25, 0.3) is 32.6 Å². The molecule has 0 aliphatic rings. The normalized spacial score (nSPS) is 11.2. The Morgan fingerprint density at radius 1 is 1.04 bits per heavy atom.